The smallest absolute Gasteiger partial charge is 0.236 e. The number of carbonyl (C=O) groups is 1. The second-order valence-corrected chi connectivity index (χ2v) is 5.59. The Hall–Kier alpha value is -0.220. The zero-order chi connectivity index (χ0) is 11.8. The fourth-order valence-corrected chi connectivity index (χ4v) is 1.24. The minimum Gasteiger partial charge on any atom is -0.354 e. The Kier molecular flexibility index (Phi) is 7.88. The summed E-state index contributed by atoms with van der Waals surface area (Å²) in [4.78, 5) is 11.6. The first kappa shape index (κ1) is 14.8. The van der Waals surface area contributed by atoms with Gasteiger partial charge >= 0.3 is 0 Å². The molecule has 0 fully saturated rings. The van der Waals surface area contributed by atoms with Gasteiger partial charge in [0.25, 0.3) is 0 Å². The molecule has 0 aromatic carbocycles. The van der Waals surface area contributed by atoms with Crippen LogP contribution in [0.3, 0.4) is 0 Å². The number of nitrogens with one attached hydrogen (secondary N) is 2. The zero-order valence-electron chi connectivity index (χ0n) is 10.5. The maximum absolute atomic E-state index is 11.6. The van der Waals surface area contributed by atoms with Crippen molar-refractivity contribution in [2.24, 2.45) is 5.92 Å². The van der Waals surface area contributed by atoms with Crippen LogP contribution in [-0.4, -0.2) is 36.5 Å². The molecule has 0 radical (unpaired) electrons. The molecule has 2 unspecified atom stereocenters. The van der Waals surface area contributed by atoms with E-state index in [0.717, 1.165) is 13.1 Å². The van der Waals surface area contributed by atoms with E-state index in [1.807, 2.05) is 6.92 Å². The van der Waals surface area contributed by atoms with E-state index in [0.29, 0.717) is 11.2 Å². The van der Waals surface area contributed by atoms with Gasteiger partial charge in [-0.15, -0.1) is 0 Å². The van der Waals surface area contributed by atoms with E-state index in [-0.39, 0.29) is 11.9 Å². The highest BCUT2D eigenvalue weighted by Crippen LogP contribution is 2.02. The van der Waals surface area contributed by atoms with Crippen LogP contribution >= 0.6 is 11.8 Å². The van der Waals surface area contributed by atoms with Gasteiger partial charge in [0.15, 0.2) is 0 Å². The van der Waals surface area contributed by atoms with Crippen LogP contribution in [0.25, 0.3) is 0 Å². The van der Waals surface area contributed by atoms with E-state index < -0.39 is 0 Å². The Morgan fingerprint density at radius 1 is 1.20 bits per heavy atom. The monoisotopic (exact) mass is 232 g/mol. The standard InChI is InChI=1S/C11H24N2OS/c1-8(2)6-13-11(14)10(4)12-7-9(3)15-5/h8-10,12H,6-7H2,1-5H3,(H,13,14). The summed E-state index contributed by atoms with van der Waals surface area (Å²) >= 11 is 1.80. The average molecular weight is 232 g/mol. The number of carbonyl (C=O) groups excluding carboxylic acids is 1. The highest BCUT2D eigenvalue weighted by atomic mass is 32.2. The predicted molar refractivity (Wildman–Crippen MR) is 68.3 cm³/mol. The molecule has 0 rings (SSSR count). The Morgan fingerprint density at radius 3 is 2.27 bits per heavy atom. The van der Waals surface area contributed by atoms with Gasteiger partial charge in [0.1, 0.15) is 0 Å². The van der Waals surface area contributed by atoms with Gasteiger partial charge in [-0.3, -0.25) is 4.79 Å². The summed E-state index contributed by atoms with van der Waals surface area (Å²) in [7, 11) is 0. The van der Waals surface area contributed by atoms with E-state index in [9.17, 15) is 4.79 Å². The second-order valence-electron chi connectivity index (χ2n) is 4.32. The van der Waals surface area contributed by atoms with E-state index in [1.54, 1.807) is 11.8 Å². The molecule has 0 aliphatic heterocycles. The van der Waals surface area contributed by atoms with Crippen LogP contribution in [0.5, 0.6) is 0 Å². The van der Waals surface area contributed by atoms with Crippen molar-refractivity contribution in [1.29, 1.82) is 0 Å². The Labute approximate surface area is 97.8 Å². The topological polar surface area (TPSA) is 41.1 Å². The molecule has 0 aliphatic rings. The van der Waals surface area contributed by atoms with Crippen molar-refractivity contribution < 1.29 is 4.79 Å². The maximum atomic E-state index is 11.6. The van der Waals surface area contributed by atoms with Crippen molar-refractivity contribution in [2.45, 2.75) is 39.0 Å². The number of hydrogen-bond acceptors (Lipinski definition) is 3. The molecule has 1 amide bonds. The third kappa shape index (κ3) is 7.68. The van der Waals surface area contributed by atoms with E-state index in [1.165, 1.54) is 0 Å². The van der Waals surface area contributed by atoms with Crippen LogP contribution < -0.4 is 10.6 Å². The molecule has 90 valence electrons. The van der Waals surface area contributed by atoms with Gasteiger partial charge in [0.05, 0.1) is 6.04 Å². The number of rotatable bonds is 7. The van der Waals surface area contributed by atoms with Crippen LogP contribution in [0.4, 0.5) is 0 Å². The SMILES string of the molecule is CSC(C)CNC(C)C(=O)NCC(C)C. The molecular weight excluding hydrogens is 208 g/mol. The van der Waals surface area contributed by atoms with Crippen LogP contribution in [0.15, 0.2) is 0 Å². The fraction of sp³-hybridized carbons (Fsp3) is 0.909. The van der Waals surface area contributed by atoms with E-state index >= 15 is 0 Å². The molecule has 0 aromatic rings. The Bertz CT molecular complexity index is 185. The lowest BCUT2D eigenvalue weighted by Crippen LogP contribution is -2.44. The largest absolute Gasteiger partial charge is 0.354 e. The number of amides is 1. The van der Waals surface area contributed by atoms with Gasteiger partial charge in [0, 0.05) is 18.3 Å². The molecule has 0 heterocycles. The third-order valence-electron chi connectivity index (χ3n) is 2.19. The van der Waals surface area contributed by atoms with Crippen molar-refractivity contribution in [3.05, 3.63) is 0 Å². The zero-order valence-corrected chi connectivity index (χ0v) is 11.3. The molecule has 4 heteroatoms. The lowest BCUT2D eigenvalue weighted by molar-refractivity contribution is -0.122. The van der Waals surface area contributed by atoms with E-state index in [2.05, 4.69) is 37.7 Å². The molecular formula is C11H24N2OS. The molecule has 2 N–H and O–H groups in total. The van der Waals surface area contributed by atoms with Gasteiger partial charge < -0.3 is 10.6 Å². The van der Waals surface area contributed by atoms with Crippen molar-refractivity contribution in [2.75, 3.05) is 19.3 Å². The quantitative estimate of drug-likeness (QED) is 0.699. The molecule has 2 atom stereocenters. The van der Waals surface area contributed by atoms with Crippen LogP contribution in [0, 0.1) is 5.92 Å². The second kappa shape index (κ2) is 7.99. The third-order valence-corrected chi connectivity index (χ3v) is 3.16. The average Bonchev–Trinajstić information content (AvgIpc) is 2.21. The van der Waals surface area contributed by atoms with Crippen molar-refractivity contribution >= 4 is 17.7 Å². The lowest BCUT2D eigenvalue weighted by atomic mass is 10.2. The molecule has 0 aliphatic carbocycles. The highest BCUT2D eigenvalue weighted by Gasteiger charge is 2.12. The predicted octanol–water partition coefficient (Wildman–Crippen LogP) is 1.49. The molecule has 0 saturated carbocycles. The van der Waals surface area contributed by atoms with Crippen molar-refractivity contribution in [3.8, 4) is 0 Å². The first-order valence-electron chi connectivity index (χ1n) is 5.51. The van der Waals surface area contributed by atoms with Gasteiger partial charge in [-0.1, -0.05) is 20.8 Å². The fourth-order valence-electron chi connectivity index (χ4n) is 0.977. The normalized spacial score (nSPS) is 15.1. The summed E-state index contributed by atoms with van der Waals surface area (Å²) in [5.41, 5.74) is 0. The minimum atomic E-state index is -0.0988. The summed E-state index contributed by atoms with van der Waals surface area (Å²) in [6.07, 6.45) is 2.08. The van der Waals surface area contributed by atoms with Crippen molar-refractivity contribution in [3.63, 3.8) is 0 Å². The Balaban J connectivity index is 3.69. The van der Waals surface area contributed by atoms with Gasteiger partial charge in [-0.05, 0) is 19.1 Å². The molecule has 0 saturated heterocycles. The summed E-state index contributed by atoms with van der Waals surface area (Å²) in [6.45, 7) is 9.86. The summed E-state index contributed by atoms with van der Waals surface area (Å²) in [5.74, 6) is 0.600. The summed E-state index contributed by atoms with van der Waals surface area (Å²) in [6, 6.07) is -0.0988. The van der Waals surface area contributed by atoms with Gasteiger partial charge in [-0.2, -0.15) is 11.8 Å². The number of hydrogen-bond donors (Lipinski definition) is 2. The van der Waals surface area contributed by atoms with Crippen LogP contribution in [0.1, 0.15) is 27.7 Å². The first-order chi connectivity index (χ1) is 6.97. The molecule has 3 nitrogen and oxygen atoms in total. The Morgan fingerprint density at radius 2 is 1.80 bits per heavy atom. The lowest BCUT2D eigenvalue weighted by Gasteiger charge is -2.17. The molecule has 0 bridgehead atoms. The van der Waals surface area contributed by atoms with Crippen LogP contribution in [0.2, 0.25) is 0 Å². The van der Waals surface area contributed by atoms with Crippen molar-refractivity contribution in [1.82, 2.24) is 10.6 Å². The molecule has 0 spiro atoms. The number of thioether (sulfide) groups is 1. The minimum absolute atomic E-state index is 0.0944. The summed E-state index contributed by atoms with van der Waals surface area (Å²) in [5, 5.41) is 6.69. The molecule has 15 heavy (non-hydrogen) atoms. The maximum Gasteiger partial charge on any atom is 0.236 e. The van der Waals surface area contributed by atoms with Gasteiger partial charge in [0.2, 0.25) is 5.91 Å². The highest BCUT2D eigenvalue weighted by molar-refractivity contribution is 7.99. The summed E-state index contributed by atoms with van der Waals surface area (Å²) < 4.78 is 0. The first-order valence-corrected chi connectivity index (χ1v) is 6.80. The van der Waals surface area contributed by atoms with E-state index in [4.69, 9.17) is 0 Å². The van der Waals surface area contributed by atoms with Crippen LogP contribution in [-0.2, 0) is 4.79 Å². The van der Waals surface area contributed by atoms with Gasteiger partial charge in [-0.25, -0.2) is 0 Å². The molecule has 0 aromatic heterocycles.